The number of non-ortho nitro benzene ring substituents is 1. The quantitative estimate of drug-likeness (QED) is 0.0555. The van der Waals surface area contributed by atoms with Crippen molar-refractivity contribution in [3.63, 3.8) is 0 Å². The van der Waals surface area contributed by atoms with E-state index in [4.69, 9.17) is 22.0 Å². The minimum absolute atomic E-state index is 0.0492. The number of nitrogens with one attached hydrogen (secondary N) is 4. The zero-order chi connectivity index (χ0) is 31.8. The molecule has 2 rings (SSSR count). The molecule has 7 N–H and O–H groups in total. The van der Waals surface area contributed by atoms with Gasteiger partial charge in [0.2, 0.25) is 17.7 Å². The normalized spacial score (nSPS) is 18.9. The van der Waals surface area contributed by atoms with Crippen LogP contribution in [0.5, 0.6) is 5.75 Å². The highest BCUT2D eigenvalue weighted by Gasteiger charge is 2.31. The minimum atomic E-state index is -1.46. The molecule has 1 heterocycles. The van der Waals surface area contributed by atoms with Gasteiger partial charge in [-0.05, 0) is 37.7 Å². The summed E-state index contributed by atoms with van der Waals surface area (Å²) in [6.45, 7) is 0.00894. The Morgan fingerprint density at radius 1 is 1.16 bits per heavy atom. The fraction of sp³-hybridized carbons (Fsp3) is 0.423. The number of benzene rings is 1. The fourth-order valence-electron chi connectivity index (χ4n) is 3.78. The van der Waals surface area contributed by atoms with Gasteiger partial charge in [-0.3, -0.25) is 39.0 Å². The lowest BCUT2D eigenvalue weighted by molar-refractivity contribution is -0.384. The zero-order valence-electron chi connectivity index (χ0n) is 22.8. The molecule has 17 nitrogen and oxygen atoms in total. The second kappa shape index (κ2) is 17.4. The third-order valence-electron chi connectivity index (χ3n) is 5.93. The van der Waals surface area contributed by atoms with Crippen LogP contribution in [0.4, 0.5) is 5.69 Å². The van der Waals surface area contributed by atoms with Gasteiger partial charge in [-0.15, -0.1) is 6.42 Å². The van der Waals surface area contributed by atoms with E-state index < -0.39 is 64.8 Å². The molecule has 43 heavy (non-hydrogen) atoms. The molecule has 3 atom stereocenters. The van der Waals surface area contributed by atoms with Gasteiger partial charge in [0.15, 0.2) is 6.11 Å². The van der Waals surface area contributed by atoms with Gasteiger partial charge in [0.05, 0.1) is 17.1 Å². The van der Waals surface area contributed by atoms with Gasteiger partial charge in [0, 0.05) is 37.4 Å². The van der Waals surface area contributed by atoms with Crippen LogP contribution in [0.15, 0.2) is 18.2 Å². The molecule has 2 unspecified atom stereocenters. The molecule has 0 bridgehead atoms. The number of terminal acetylenes is 1. The van der Waals surface area contributed by atoms with E-state index >= 15 is 0 Å². The third kappa shape index (κ3) is 11.6. The van der Waals surface area contributed by atoms with Crippen molar-refractivity contribution in [3.05, 3.63) is 33.9 Å². The van der Waals surface area contributed by atoms with Crippen molar-refractivity contribution in [3.8, 4) is 30.1 Å². The maximum absolute atomic E-state index is 13.3. The summed E-state index contributed by atoms with van der Waals surface area (Å²) < 4.78 is 5.59. The number of hydrogen-bond acceptors (Lipinski definition) is 11. The van der Waals surface area contributed by atoms with Crippen LogP contribution < -0.4 is 31.9 Å². The van der Waals surface area contributed by atoms with Crippen LogP contribution in [0.3, 0.4) is 0 Å². The van der Waals surface area contributed by atoms with Crippen LogP contribution >= 0.6 is 0 Å². The monoisotopic (exact) mass is 602 g/mol. The van der Waals surface area contributed by atoms with E-state index in [0.717, 1.165) is 18.2 Å². The van der Waals surface area contributed by atoms with E-state index in [2.05, 4.69) is 43.3 Å². The Morgan fingerprint density at radius 3 is 2.56 bits per heavy atom. The van der Waals surface area contributed by atoms with E-state index in [-0.39, 0.29) is 43.7 Å². The Hall–Kier alpha value is -5.39. The summed E-state index contributed by atoms with van der Waals surface area (Å²) in [5, 5.41) is 27.8. The van der Waals surface area contributed by atoms with Crippen molar-refractivity contribution in [2.75, 3.05) is 13.2 Å². The molecule has 0 saturated carbocycles. The predicted octanol–water partition coefficient (Wildman–Crippen LogP) is -0.987. The lowest BCUT2D eigenvalue weighted by Crippen LogP contribution is -2.56. The number of carbonyl (C=O) groups is 5. The number of primary amides is 1. The molecule has 1 aliphatic rings. The summed E-state index contributed by atoms with van der Waals surface area (Å²) in [5.41, 5.74) is 7.15. The number of nitrogens with two attached hydrogens (primary N) is 1. The van der Waals surface area contributed by atoms with Crippen LogP contribution in [0.25, 0.3) is 0 Å². The average Bonchev–Trinajstić information content (AvgIpc) is 2.96. The van der Waals surface area contributed by atoms with Crippen molar-refractivity contribution in [2.45, 2.75) is 56.7 Å². The van der Waals surface area contributed by atoms with Gasteiger partial charge in [-0.2, -0.15) is 5.48 Å². The van der Waals surface area contributed by atoms with Crippen LogP contribution in [0.2, 0.25) is 0 Å². The topological polar surface area (TPSA) is 251 Å². The number of hydrogen-bond donors (Lipinski definition) is 6. The first kappa shape index (κ1) is 33.8. The fourth-order valence-corrected chi connectivity index (χ4v) is 3.78. The summed E-state index contributed by atoms with van der Waals surface area (Å²) in [7, 11) is 0. The van der Waals surface area contributed by atoms with E-state index in [1.54, 1.807) is 0 Å². The molecule has 0 aromatic heterocycles. The number of nitrogens with zero attached hydrogens (tertiary/aromatic N) is 1. The lowest BCUT2D eigenvalue weighted by Gasteiger charge is -2.26. The van der Waals surface area contributed by atoms with Gasteiger partial charge in [0.25, 0.3) is 11.6 Å². The largest absolute Gasteiger partial charge is 0.493 e. The zero-order valence-corrected chi connectivity index (χ0v) is 22.8. The van der Waals surface area contributed by atoms with E-state index in [1.165, 1.54) is 0 Å². The number of nitro benzene ring substituents is 1. The maximum atomic E-state index is 13.3. The van der Waals surface area contributed by atoms with Gasteiger partial charge in [-0.1, -0.05) is 4.99 Å². The Kier molecular flexibility index (Phi) is 13.7. The van der Waals surface area contributed by atoms with E-state index in [1.807, 2.05) is 5.92 Å². The standard InChI is InChI=1S/C26H30N6O11/c1-2-3-13-42-43-28-12-5-4-6-19-25(37)29-18(23(27)35)11-14-41-21-9-7-16(32(39)40)15-17(21)24(36)30-20(26(38)31-19)8-10-22(33)34/h1,7,9,15,18-20,28H,4-6,8,10-12,14H2,(H2,27,35)(H,29,37)(H,30,36)(H,31,38)(H,33,34)/t18?,19-,20?/m0/s1. The highest BCUT2D eigenvalue weighted by molar-refractivity contribution is 6.01. The molecular weight excluding hydrogens is 572 g/mol. The van der Waals surface area contributed by atoms with Crippen LogP contribution in [-0.2, 0) is 29.1 Å². The first-order valence-electron chi connectivity index (χ1n) is 12.9. The van der Waals surface area contributed by atoms with Crippen molar-refractivity contribution in [1.29, 1.82) is 0 Å². The van der Waals surface area contributed by atoms with Crippen molar-refractivity contribution < 1.29 is 48.6 Å². The number of rotatable bonds is 12. The molecule has 1 aromatic carbocycles. The van der Waals surface area contributed by atoms with E-state index in [9.17, 15) is 34.1 Å². The number of nitro groups is 1. The Bertz CT molecular complexity index is 1320. The Morgan fingerprint density at radius 2 is 1.88 bits per heavy atom. The number of unbranched alkanes of at least 4 members (excludes halogenated alkanes) is 1. The summed E-state index contributed by atoms with van der Waals surface area (Å²) in [5.74, 6) is -0.723. The van der Waals surface area contributed by atoms with Crippen LogP contribution in [-0.4, -0.2) is 70.9 Å². The number of carbonyl (C=O) groups excluding carboxylic acids is 4. The Labute approximate surface area is 245 Å². The molecule has 230 valence electrons. The number of hydroxylamine groups is 1. The molecule has 17 heteroatoms. The summed E-state index contributed by atoms with van der Waals surface area (Å²) >= 11 is 0. The first-order valence-corrected chi connectivity index (χ1v) is 12.9. The number of amides is 4. The number of fused-ring (bicyclic) bond motifs is 1. The van der Waals surface area contributed by atoms with Gasteiger partial charge < -0.3 is 31.5 Å². The molecular formula is C26H30N6O11. The highest BCUT2D eigenvalue weighted by atomic mass is 17.3. The molecule has 0 aliphatic carbocycles. The molecule has 4 amide bonds. The van der Waals surface area contributed by atoms with Crippen molar-refractivity contribution in [2.24, 2.45) is 5.73 Å². The molecule has 1 aliphatic heterocycles. The maximum Gasteiger partial charge on any atom is 0.303 e. The SMILES string of the molecule is C#CC#COONCCCC[C@@H]1NC(=O)C(CCC(=O)O)NC(=O)c2cc([N+](=O)[O-])ccc2OCCC(C(N)=O)NC1=O. The Balaban J connectivity index is 2.30. The minimum Gasteiger partial charge on any atom is -0.493 e. The highest BCUT2D eigenvalue weighted by Crippen LogP contribution is 2.25. The van der Waals surface area contributed by atoms with Gasteiger partial charge in [0.1, 0.15) is 23.9 Å². The summed E-state index contributed by atoms with van der Waals surface area (Å²) in [6, 6.07) is -0.737. The lowest BCUT2D eigenvalue weighted by atomic mass is 10.0. The molecule has 0 spiro atoms. The number of aliphatic carboxylic acids is 1. The first-order chi connectivity index (χ1) is 20.5. The summed E-state index contributed by atoms with van der Waals surface area (Å²) in [4.78, 5) is 82.5. The number of carboxylic acids is 1. The van der Waals surface area contributed by atoms with Crippen molar-refractivity contribution >= 4 is 35.3 Å². The second-order valence-electron chi connectivity index (χ2n) is 8.99. The van der Waals surface area contributed by atoms with Crippen LogP contribution in [0.1, 0.15) is 48.9 Å². The van der Waals surface area contributed by atoms with Crippen molar-refractivity contribution in [1.82, 2.24) is 21.4 Å². The molecule has 0 saturated heterocycles. The van der Waals surface area contributed by atoms with E-state index in [0.29, 0.717) is 12.8 Å². The van der Waals surface area contributed by atoms with Gasteiger partial charge in [-0.25, -0.2) is 0 Å². The molecule has 1 aromatic rings. The molecule has 0 fully saturated rings. The predicted molar refractivity (Wildman–Crippen MR) is 145 cm³/mol. The molecule has 0 radical (unpaired) electrons. The smallest absolute Gasteiger partial charge is 0.303 e. The number of ether oxygens (including phenoxy) is 1. The van der Waals surface area contributed by atoms with Crippen LogP contribution in [0, 0.1) is 34.5 Å². The second-order valence-corrected chi connectivity index (χ2v) is 8.99. The number of carboxylic acid groups (broad SMARTS) is 1. The summed E-state index contributed by atoms with van der Waals surface area (Å²) in [6.07, 6.45) is 6.75. The van der Waals surface area contributed by atoms with Gasteiger partial charge >= 0.3 is 5.97 Å². The average molecular weight is 603 g/mol. The third-order valence-corrected chi connectivity index (χ3v) is 5.93.